The lowest BCUT2D eigenvalue weighted by Gasteiger charge is -2.08. The molecule has 5 nitrogen and oxygen atoms in total. The minimum Gasteiger partial charge on any atom is -0.481 e. The van der Waals surface area contributed by atoms with Crippen LogP contribution in [0.15, 0.2) is 0 Å². The summed E-state index contributed by atoms with van der Waals surface area (Å²) < 4.78 is 0. The fraction of sp³-hybridized carbons (Fsp3) is 0.714. The lowest BCUT2D eigenvalue weighted by molar-refractivity contribution is -0.150. The lowest BCUT2D eigenvalue weighted by atomic mass is 10.0. The molecule has 1 amide bonds. The number of carbonyl (C=O) groups excluding carboxylic acids is 1. The SMILES string of the molecule is CCCCC(C(=O)O)C(=O)NO. The average Bonchev–Trinajstić information content (AvgIpc) is 2.04. The third kappa shape index (κ3) is 3.34. The van der Waals surface area contributed by atoms with Crippen LogP contribution in [0.5, 0.6) is 0 Å². The normalized spacial score (nSPS) is 12.2. The van der Waals surface area contributed by atoms with Gasteiger partial charge in [-0.3, -0.25) is 14.8 Å². The highest BCUT2D eigenvalue weighted by Gasteiger charge is 2.24. The van der Waals surface area contributed by atoms with E-state index in [2.05, 4.69) is 0 Å². The van der Waals surface area contributed by atoms with Crippen molar-refractivity contribution in [2.75, 3.05) is 0 Å². The summed E-state index contributed by atoms with van der Waals surface area (Å²) in [7, 11) is 0. The number of carbonyl (C=O) groups is 2. The number of hydrogen-bond donors (Lipinski definition) is 3. The van der Waals surface area contributed by atoms with E-state index < -0.39 is 17.8 Å². The van der Waals surface area contributed by atoms with E-state index in [1.807, 2.05) is 6.92 Å². The number of nitrogens with one attached hydrogen (secondary N) is 1. The zero-order chi connectivity index (χ0) is 9.56. The number of rotatable bonds is 5. The van der Waals surface area contributed by atoms with Crippen molar-refractivity contribution in [3.8, 4) is 0 Å². The van der Waals surface area contributed by atoms with E-state index >= 15 is 0 Å². The minimum atomic E-state index is -1.20. The molecule has 12 heavy (non-hydrogen) atoms. The van der Waals surface area contributed by atoms with Crippen molar-refractivity contribution in [3.63, 3.8) is 0 Å². The summed E-state index contributed by atoms with van der Waals surface area (Å²) >= 11 is 0. The molecule has 0 fully saturated rings. The van der Waals surface area contributed by atoms with E-state index in [0.717, 1.165) is 6.42 Å². The van der Waals surface area contributed by atoms with E-state index in [9.17, 15) is 9.59 Å². The van der Waals surface area contributed by atoms with Gasteiger partial charge in [0, 0.05) is 0 Å². The van der Waals surface area contributed by atoms with Gasteiger partial charge in [0.05, 0.1) is 0 Å². The molecule has 0 bridgehead atoms. The number of carboxylic acid groups (broad SMARTS) is 1. The van der Waals surface area contributed by atoms with Crippen molar-refractivity contribution < 1.29 is 19.9 Å². The summed E-state index contributed by atoms with van der Waals surface area (Å²) in [6.07, 6.45) is 1.74. The van der Waals surface area contributed by atoms with Crippen molar-refractivity contribution in [2.45, 2.75) is 26.2 Å². The van der Waals surface area contributed by atoms with Crippen molar-refractivity contribution in [1.29, 1.82) is 0 Å². The predicted molar refractivity (Wildman–Crippen MR) is 40.6 cm³/mol. The van der Waals surface area contributed by atoms with E-state index in [1.54, 1.807) is 0 Å². The van der Waals surface area contributed by atoms with Crippen LogP contribution in [-0.2, 0) is 9.59 Å². The monoisotopic (exact) mass is 175 g/mol. The average molecular weight is 175 g/mol. The number of carboxylic acids is 1. The summed E-state index contributed by atoms with van der Waals surface area (Å²) in [6.45, 7) is 1.90. The maximum atomic E-state index is 10.7. The molecule has 0 saturated heterocycles. The van der Waals surface area contributed by atoms with Gasteiger partial charge in [-0.15, -0.1) is 0 Å². The number of hydroxylamine groups is 1. The fourth-order valence-electron chi connectivity index (χ4n) is 0.853. The number of aliphatic carboxylic acids is 1. The highest BCUT2D eigenvalue weighted by Crippen LogP contribution is 2.08. The quantitative estimate of drug-likeness (QED) is 0.320. The smallest absolute Gasteiger partial charge is 0.316 e. The second kappa shape index (κ2) is 5.54. The molecule has 0 heterocycles. The Morgan fingerprint density at radius 1 is 1.50 bits per heavy atom. The summed E-state index contributed by atoms with van der Waals surface area (Å²) in [4.78, 5) is 21.2. The highest BCUT2D eigenvalue weighted by atomic mass is 16.5. The van der Waals surface area contributed by atoms with Gasteiger partial charge < -0.3 is 5.11 Å². The summed E-state index contributed by atoms with van der Waals surface area (Å²) in [5.74, 6) is -3.18. The standard InChI is InChI=1S/C7H13NO4/c1-2-3-4-5(7(10)11)6(9)8-12/h5,12H,2-4H2,1H3,(H,8,9)(H,10,11). The molecule has 0 saturated carbocycles. The van der Waals surface area contributed by atoms with Crippen LogP contribution >= 0.6 is 0 Å². The van der Waals surface area contributed by atoms with Crippen LogP contribution in [0.25, 0.3) is 0 Å². The molecule has 70 valence electrons. The summed E-state index contributed by atoms with van der Waals surface area (Å²) in [5.41, 5.74) is 1.34. The Kier molecular flexibility index (Phi) is 5.03. The molecule has 0 aliphatic carbocycles. The molecule has 0 rings (SSSR count). The Hall–Kier alpha value is -1.10. The third-order valence-electron chi connectivity index (χ3n) is 1.57. The van der Waals surface area contributed by atoms with Gasteiger partial charge in [-0.05, 0) is 6.42 Å². The van der Waals surface area contributed by atoms with Gasteiger partial charge >= 0.3 is 5.97 Å². The number of amides is 1. The second-order valence-corrected chi connectivity index (χ2v) is 2.51. The van der Waals surface area contributed by atoms with Gasteiger partial charge in [-0.2, -0.15) is 0 Å². The molecular formula is C7H13NO4. The molecule has 0 radical (unpaired) electrons. The van der Waals surface area contributed by atoms with Crippen LogP contribution in [0.2, 0.25) is 0 Å². The van der Waals surface area contributed by atoms with E-state index in [-0.39, 0.29) is 6.42 Å². The zero-order valence-electron chi connectivity index (χ0n) is 6.91. The van der Waals surface area contributed by atoms with Gasteiger partial charge in [0.15, 0.2) is 0 Å². The van der Waals surface area contributed by atoms with Crippen LogP contribution in [0.3, 0.4) is 0 Å². The molecular weight excluding hydrogens is 162 g/mol. The van der Waals surface area contributed by atoms with E-state index in [0.29, 0.717) is 6.42 Å². The van der Waals surface area contributed by atoms with Crippen molar-refractivity contribution >= 4 is 11.9 Å². The molecule has 5 heteroatoms. The first kappa shape index (κ1) is 10.9. The Morgan fingerprint density at radius 3 is 2.42 bits per heavy atom. The molecule has 0 aromatic carbocycles. The molecule has 0 aromatic rings. The van der Waals surface area contributed by atoms with Crippen LogP contribution in [0, 0.1) is 5.92 Å². The molecule has 0 aliphatic heterocycles. The summed E-state index contributed by atoms with van der Waals surface area (Å²) in [6, 6.07) is 0. The first-order valence-electron chi connectivity index (χ1n) is 3.80. The predicted octanol–water partition coefficient (Wildman–Crippen LogP) is 0.383. The van der Waals surface area contributed by atoms with E-state index in [4.69, 9.17) is 10.3 Å². The van der Waals surface area contributed by atoms with Gasteiger partial charge in [0.25, 0.3) is 5.91 Å². The van der Waals surface area contributed by atoms with Gasteiger partial charge in [-0.1, -0.05) is 19.8 Å². The Balaban J connectivity index is 4.04. The van der Waals surface area contributed by atoms with Crippen molar-refractivity contribution in [3.05, 3.63) is 0 Å². The van der Waals surface area contributed by atoms with Gasteiger partial charge in [0.1, 0.15) is 5.92 Å². The van der Waals surface area contributed by atoms with Crippen LogP contribution in [-0.4, -0.2) is 22.2 Å². The Morgan fingerprint density at radius 2 is 2.08 bits per heavy atom. The Bertz CT molecular complexity index is 169. The number of unbranched alkanes of at least 4 members (excludes halogenated alkanes) is 1. The zero-order valence-corrected chi connectivity index (χ0v) is 6.91. The van der Waals surface area contributed by atoms with Crippen LogP contribution in [0.1, 0.15) is 26.2 Å². The van der Waals surface area contributed by atoms with Crippen molar-refractivity contribution in [1.82, 2.24) is 5.48 Å². The van der Waals surface area contributed by atoms with Crippen molar-refractivity contribution in [2.24, 2.45) is 5.92 Å². The maximum Gasteiger partial charge on any atom is 0.316 e. The molecule has 1 atom stereocenters. The highest BCUT2D eigenvalue weighted by molar-refractivity contribution is 5.96. The molecule has 3 N–H and O–H groups in total. The first-order valence-corrected chi connectivity index (χ1v) is 3.80. The van der Waals surface area contributed by atoms with Crippen LogP contribution in [0.4, 0.5) is 0 Å². The molecule has 0 spiro atoms. The van der Waals surface area contributed by atoms with Crippen LogP contribution < -0.4 is 5.48 Å². The third-order valence-corrected chi connectivity index (χ3v) is 1.57. The molecule has 0 aromatic heterocycles. The minimum absolute atomic E-state index is 0.262. The first-order chi connectivity index (χ1) is 5.63. The molecule has 1 unspecified atom stereocenters. The maximum absolute atomic E-state index is 10.7. The number of hydrogen-bond acceptors (Lipinski definition) is 3. The van der Waals surface area contributed by atoms with E-state index in [1.165, 1.54) is 5.48 Å². The van der Waals surface area contributed by atoms with Gasteiger partial charge in [-0.25, -0.2) is 5.48 Å². The fourth-order valence-corrected chi connectivity index (χ4v) is 0.853. The molecule has 0 aliphatic rings. The largest absolute Gasteiger partial charge is 0.481 e. The van der Waals surface area contributed by atoms with Gasteiger partial charge in [0.2, 0.25) is 0 Å². The Labute approximate surface area is 70.3 Å². The topological polar surface area (TPSA) is 86.6 Å². The summed E-state index contributed by atoms with van der Waals surface area (Å²) in [5, 5.41) is 16.7. The lowest BCUT2D eigenvalue weighted by Crippen LogP contribution is -2.33. The second-order valence-electron chi connectivity index (χ2n) is 2.51.